The number of nitrogens with zero attached hydrogens (tertiary/aromatic N) is 2. The maximum Gasteiger partial charge on any atom is 0.225 e. The second-order valence-electron chi connectivity index (χ2n) is 7.76. The topological polar surface area (TPSA) is 86.8 Å². The van der Waals surface area contributed by atoms with E-state index < -0.39 is 10.0 Å². The van der Waals surface area contributed by atoms with E-state index in [0.29, 0.717) is 39.0 Å². The van der Waals surface area contributed by atoms with Crippen LogP contribution in [0.1, 0.15) is 52.4 Å². The van der Waals surface area contributed by atoms with Crippen LogP contribution in [0.15, 0.2) is 0 Å². The number of piperidine rings is 2. The summed E-state index contributed by atoms with van der Waals surface area (Å²) in [6.07, 6.45) is 5.99. The molecule has 7 nitrogen and oxygen atoms in total. The number of hydrogen-bond acceptors (Lipinski definition) is 4. The molecule has 0 unspecified atom stereocenters. The first kappa shape index (κ1) is 21.2. The molecule has 1 N–H and O–H groups in total. The van der Waals surface area contributed by atoms with Crippen LogP contribution in [-0.2, 0) is 19.6 Å². The Kier molecular flexibility index (Phi) is 7.46. The lowest BCUT2D eigenvalue weighted by atomic mass is 9.92. The van der Waals surface area contributed by atoms with Gasteiger partial charge in [-0.25, -0.2) is 12.7 Å². The largest absolute Gasteiger partial charge is 0.353 e. The molecule has 0 aromatic rings. The molecular formula is C18H33N3O4S. The van der Waals surface area contributed by atoms with Crippen LogP contribution in [0.25, 0.3) is 0 Å². The zero-order chi connectivity index (χ0) is 19.3. The third kappa shape index (κ3) is 5.67. The molecule has 2 atom stereocenters. The van der Waals surface area contributed by atoms with Crippen molar-refractivity contribution < 1.29 is 18.0 Å². The second kappa shape index (κ2) is 9.17. The fraction of sp³-hybridized carbons (Fsp3) is 0.889. The lowest BCUT2D eigenvalue weighted by Gasteiger charge is -2.37. The van der Waals surface area contributed by atoms with Crippen molar-refractivity contribution in [2.45, 2.75) is 58.4 Å². The van der Waals surface area contributed by atoms with Gasteiger partial charge in [-0.1, -0.05) is 13.3 Å². The second-order valence-corrected chi connectivity index (χ2v) is 9.74. The summed E-state index contributed by atoms with van der Waals surface area (Å²) < 4.78 is 24.6. The molecule has 0 radical (unpaired) electrons. The van der Waals surface area contributed by atoms with Gasteiger partial charge in [-0.2, -0.15) is 0 Å². The van der Waals surface area contributed by atoms with E-state index in [1.165, 1.54) is 10.6 Å². The zero-order valence-corrected chi connectivity index (χ0v) is 17.1. The molecule has 2 aliphatic rings. The van der Waals surface area contributed by atoms with Gasteiger partial charge in [0.1, 0.15) is 0 Å². The van der Waals surface area contributed by atoms with E-state index in [0.717, 1.165) is 25.7 Å². The van der Waals surface area contributed by atoms with Crippen LogP contribution in [0.5, 0.6) is 0 Å². The molecule has 0 spiro atoms. The zero-order valence-electron chi connectivity index (χ0n) is 16.2. The van der Waals surface area contributed by atoms with Crippen molar-refractivity contribution in [3.05, 3.63) is 0 Å². The van der Waals surface area contributed by atoms with Gasteiger partial charge in [0.15, 0.2) is 0 Å². The Morgan fingerprint density at radius 3 is 2.35 bits per heavy atom. The maximum absolute atomic E-state index is 12.8. The molecule has 2 fully saturated rings. The average molecular weight is 388 g/mol. The lowest BCUT2D eigenvalue weighted by molar-refractivity contribution is -0.140. The van der Waals surface area contributed by atoms with Crippen molar-refractivity contribution in [1.82, 2.24) is 14.5 Å². The summed E-state index contributed by atoms with van der Waals surface area (Å²) in [6.45, 7) is 6.10. The molecule has 2 aliphatic heterocycles. The van der Waals surface area contributed by atoms with Crippen LogP contribution in [0.3, 0.4) is 0 Å². The van der Waals surface area contributed by atoms with E-state index in [1.807, 2.05) is 11.8 Å². The van der Waals surface area contributed by atoms with Crippen LogP contribution in [0, 0.1) is 11.8 Å². The van der Waals surface area contributed by atoms with E-state index in [-0.39, 0.29) is 29.7 Å². The van der Waals surface area contributed by atoms with Gasteiger partial charge in [0.25, 0.3) is 0 Å². The van der Waals surface area contributed by atoms with Gasteiger partial charge in [0.05, 0.1) is 12.2 Å². The lowest BCUT2D eigenvalue weighted by Crippen LogP contribution is -2.50. The van der Waals surface area contributed by atoms with Crippen molar-refractivity contribution in [3.8, 4) is 0 Å². The molecule has 0 bridgehead atoms. The molecule has 0 aliphatic carbocycles. The standard InChI is InChI=1S/C18H33N3O4S/c1-4-6-14(2)19-17(22)16-7-5-10-20(13-16)18(23)15-8-11-21(12-9-15)26(3,24)25/h14-16H,4-13H2,1-3H3,(H,19,22)/t14-,16+/m0/s1. The molecule has 8 heteroatoms. The molecule has 2 saturated heterocycles. The molecule has 2 amide bonds. The fourth-order valence-corrected chi connectivity index (χ4v) is 4.82. The van der Waals surface area contributed by atoms with Gasteiger partial charge < -0.3 is 10.2 Å². The highest BCUT2D eigenvalue weighted by Gasteiger charge is 2.35. The number of hydrogen-bond donors (Lipinski definition) is 1. The summed E-state index contributed by atoms with van der Waals surface area (Å²) in [5.74, 6) is -0.135. The summed E-state index contributed by atoms with van der Waals surface area (Å²) in [6, 6.07) is 0.166. The molecule has 2 heterocycles. The number of nitrogens with one attached hydrogen (secondary N) is 1. The maximum atomic E-state index is 12.8. The van der Waals surface area contributed by atoms with Crippen molar-refractivity contribution in [3.63, 3.8) is 0 Å². The molecular weight excluding hydrogens is 354 g/mol. The van der Waals surface area contributed by atoms with Crippen molar-refractivity contribution in [2.75, 3.05) is 32.4 Å². The van der Waals surface area contributed by atoms with Gasteiger partial charge >= 0.3 is 0 Å². The molecule has 0 saturated carbocycles. The fourth-order valence-electron chi connectivity index (χ4n) is 3.95. The number of carbonyl (C=O) groups is 2. The number of rotatable bonds is 6. The van der Waals surface area contributed by atoms with E-state index in [9.17, 15) is 18.0 Å². The quantitative estimate of drug-likeness (QED) is 0.742. The third-order valence-corrected chi connectivity index (χ3v) is 6.79. The molecule has 0 aromatic carbocycles. The van der Waals surface area contributed by atoms with Crippen LogP contribution >= 0.6 is 0 Å². The first-order valence-corrected chi connectivity index (χ1v) is 11.6. The van der Waals surface area contributed by atoms with Crippen LogP contribution in [0.2, 0.25) is 0 Å². The molecule has 150 valence electrons. The van der Waals surface area contributed by atoms with E-state index in [2.05, 4.69) is 12.2 Å². The summed E-state index contributed by atoms with van der Waals surface area (Å²) in [5.41, 5.74) is 0. The minimum absolute atomic E-state index is 0.0512. The monoisotopic (exact) mass is 387 g/mol. The van der Waals surface area contributed by atoms with E-state index >= 15 is 0 Å². The summed E-state index contributed by atoms with van der Waals surface area (Å²) in [5, 5.41) is 3.06. The van der Waals surface area contributed by atoms with Crippen molar-refractivity contribution in [2.24, 2.45) is 11.8 Å². The number of sulfonamides is 1. The average Bonchev–Trinajstić information content (AvgIpc) is 2.60. The van der Waals surface area contributed by atoms with Gasteiger partial charge in [-0.05, 0) is 39.0 Å². The van der Waals surface area contributed by atoms with E-state index in [1.54, 1.807) is 0 Å². The van der Waals surface area contributed by atoms with Gasteiger partial charge in [-0.15, -0.1) is 0 Å². The third-order valence-electron chi connectivity index (χ3n) is 5.49. The number of likely N-dealkylation sites (tertiary alicyclic amines) is 1. The minimum Gasteiger partial charge on any atom is -0.353 e. The first-order valence-electron chi connectivity index (χ1n) is 9.76. The normalized spacial score (nSPS) is 24.3. The van der Waals surface area contributed by atoms with Crippen LogP contribution in [-0.4, -0.2) is 67.9 Å². The highest BCUT2D eigenvalue weighted by molar-refractivity contribution is 7.88. The highest BCUT2D eigenvalue weighted by Crippen LogP contribution is 2.25. The smallest absolute Gasteiger partial charge is 0.225 e. The number of amides is 2. The predicted molar refractivity (Wildman–Crippen MR) is 101 cm³/mol. The van der Waals surface area contributed by atoms with E-state index in [4.69, 9.17) is 0 Å². The Hall–Kier alpha value is -1.15. The predicted octanol–water partition coefficient (Wildman–Crippen LogP) is 1.20. The Morgan fingerprint density at radius 2 is 1.77 bits per heavy atom. The Bertz CT molecular complexity index is 600. The van der Waals surface area contributed by atoms with Gasteiger partial charge in [0.2, 0.25) is 21.8 Å². The minimum atomic E-state index is -3.18. The van der Waals surface area contributed by atoms with Crippen molar-refractivity contribution in [1.29, 1.82) is 0 Å². The van der Waals surface area contributed by atoms with Gasteiger partial charge in [0, 0.05) is 38.1 Å². The Morgan fingerprint density at radius 1 is 1.12 bits per heavy atom. The van der Waals surface area contributed by atoms with Crippen molar-refractivity contribution >= 4 is 21.8 Å². The first-order chi connectivity index (χ1) is 12.2. The van der Waals surface area contributed by atoms with Crippen LogP contribution < -0.4 is 5.32 Å². The summed E-state index contributed by atoms with van der Waals surface area (Å²) in [7, 11) is -3.18. The molecule has 26 heavy (non-hydrogen) atoms. The molecule has 0 aromatic heterocycles. The van der Waals surface area contributed by atoms with Crippen LogP contribution in [0.4, 0.5) is 0 Å². The summed E-state index contributed by atoms with van der Waals surface area (Å²) in [4.78, 5) is 27.1. The van der Waals surface area contributed by atoms with Gasteiger partial charge in [-0.3, -0.25) is 9.59 Å². The Labute approximate surface area is 157 Å². The summed E-state index contributed by atoms with van der Waals surface area (Å²) >= 11 is 0. The SMILES string of the molecule is CCC[C@H](C)NC(=O)[C@@H]1CCCN(C(=O)C2CCN(S(C)(=O)=O)CC2)C1. The Balaban J connectivity index is 1.87. The highest BCUT2D eigenvalue weighted by atomic mass is 32.2. The number of carbonyl (C=O) groups excluding carboxylic acids is 2. The molecule has 2 rings (SSSR count).